The molecule has 0 radical (unpaired) electrons. The number of H-pyrrole nitrogens is 2. The molecule has 2 aromatic carbocycles. The molecule has 1 atom stereocenters. The number of halogens is 4. The van der Waals surface area contributed by atoms with Gasteiger partial charge < -0.3 is 25.5 Å². The maximum atomic E-state index is 14.5. The van der Waals surface area contributed by atoms with E-state index in [2.05, 4.69) is 14.7 Å². The predicted octanol–water partition coefficient (Wildman–Crippen LogP) is 4.62. The topological polar surface area (TPSA) is 121 Å². The first-order chi connectivity index (χ1) is 15.4. The number of ether oxygens (including phenoxy) is 1. The fraction of sp³-hybridized carbons (Fsp3) is 0.182. The third kappa shape index (κ3) is 3.75. The number of alkyl halides is 3. The molecular weight excluding hydrogens is 446 g/mol. The van der Waals surface area contributed by atoms with Crippen molar-refractivity contribution in [1.82, 2.24) is 9.97 Å². The van der Waals surface area contributed by atoms with Crippen LogP contribution in [0.3, 0.4) is 0 Å². The lowest BCUT2D eigenvalue weighted by Gasteiger charge is -2.16. The number of aryl methyl sites for hydroxylation is 2. The molecular formula is C22H17F4N3O4. The maximum Gasteiger partial charge on any atom is 0.573 e. The summed E-state index contributed by atoms with van der Waals surface area (Å²) in [6, 6.07) is 5.96. The van der Waals surface area contributed by atoms with E-state index in [9.17, 15) is 32.3 Å². The van der Waals surface area contributed by atoms with Crippen molar-refractivity contribution in [3.05, 3.63) is 64.2 Å². The number of nitrogens with one attached hydrogen (secondary N) is 2. The average Bonchev–Trinajstić information content (AvgIpc) is 3.23. The summed E-state index contributed by atoms with van der Waals surface area (Å²) in [4.78, 5) is 30.1. The Labute approximate surface area is 183 Å². The zero-order valence-corrected chi connectivity index (χ0v) is 17.2. The number of aromatic nitrogens is 2. The monoisotopic (exact) mass is 463 g/mol. The van der Waals surface area contributed by atoms with E-state index in [0.29, 0.717) is 16.6 Å². The van der Waals surface area contributed by atoms with Crippen molar-refractivity contribution in [2.45, 2.75) is 26.1 Å². The number of carboxylic acids is 1. The van der Waals surface area contributed by atoms with E-state index in [0.717, 1.165) is 12.1 Å². The number of nitrogens with two attached hydrogens (primary N) is 1. The minimum atomic E-state index is -4.95. The molecule has 0 saturated carbocycles. The number of carboxylic acid groups (broad SMARTS) is 1. The minimum Gasteiger partial charge on any atom is -0.477 e. The summed E-state index contributed by atoms with van der Waals surface area (Å²) in [6.07, 6.45) is -4.95. The number of aromatic amines is 2. The Kier molecular flexibility index (Phi) is 5.07. The van der Waals surface area contributed by atoms with E-state index in [1.54, 1.807) is 13.8 Å². The van der Waals surface area contributed by atoms with Gasteiger partial charge >= 0.3 is 12.3 Å². The minimum absolute atomic E-state index is 0.00389. The molecule has 0 aliphatic rings. The van der Waals surface area contributed by atoms with E-state index in [1.807, 2.05) is 0 Å². The molecule has 4 rings (SSSR count). The van der Waals surface area contributed by atoms with E-state index >= 15 is 0 Å². The molecule has 0 saturated heterocycles. The largest absolute Gasteiger partial charge is 0.573 e. The fourth-order valence-corrected chi connectivity index (χ4v) is 4.25. The molecule has 1 amide bonds. The lowest BCUT2D eigenvalue weighted by molar-refractivity contribution is -0.274. The Morgan fingerprint density at radius 2 is 1.79 bits per heavy atom. The van der Waals surface area contributed by atoms with Gasteiger partial charge in [0, 0.05) is 28.1 Å². The van der Waals surface area contributed by atoms with Crippen molar-refractivity contribution in [3.63, 3.8) is 0 Å². The quantitative estimate of drug-likeness (QED) is 0.323. The Hall–Kier alpha value is -4.02. The number of amides is 1. The van der Waals surface area contributed by atoms with Crippen molar-refractivity contribution < 1.29 is 37.0 Å². The molecule has 1 unspecified atom stereocenters. The second kappa shape index (κ2) is 7.54. The van der Waals surface area contributed by atoms with Crippen molar-refractivity contribution in [1.29, 1.82) is 0 Å². The highest BCUT2D eigenvalue weighted by atomic mass is 19.4. The normalized spacial score (nSPS) is 12.9. The van der Waals surface area contributed by atoms with E-state index in [4.69, 9.17) is 5.73 Å². The van der Waals surface area contributed by atoms with Crippen LogP contribution in [0.1, 0.15) is 38.8 Å². The summed E-state index contributed by atoms with van der Waals surface area (Å²) in [6.45, 7) is 3.29. The molecule has 0 spiro atoms. The van der Waals surface area contributed by atoms with Gasteiger partial charge in [-0.15, -0.1) is 13.2 Å². The molecule has 11 heteroatoms. The van der Waals surface area contributed by atoms with Crippen LogP contribution in [-0.4, -0.2) is 33.3 Å². The van der Waals surface area contributed by atoms with Crippen LogP contribution in [0.2, 0.25) is 0 Å². The highest BCUT2D eigenvalue weighted by Crippen LogP contribution is 2.41. The molecule has 2 heterocycles. The van der Waals surface area contributed by atoms with Crippen molar-refractivity contribution in [3.8, 4) is 5.75 Å². The molecule has 0 bridgehead atoms. The average molecular weight is 463 g/mol. The summed E-state index contributed by atoms with van der Waals surface area (Å²) in [7, 11) is 0. The lowest BCUT2D eigenvalue weighted by atomic mass is 9.85. The molecule has 172 valence electrons. The SMILES string of the molecule is Cc1[nH]c2c(F)ccc(C)c2c1C(C(N)=O)c1c(C(=O)O)[nH]c2cc(OC(F)(F)F)ccc12. The number of aromatic carboxylic acids is 1. The third-order valence-electron chi connectivity index (χ3n) is 5.47. The standard InChI is InChI=1S/C22H17F4N3O4/c1-8-3-6-12(23)18-14(8)15(9(2)28-18)17(20(27)30)16-11-5-4-10(33-22(24,25)26)7-13(11)29-19(16)21(31)32/h3-7,17,28-29H,1-2H3,(H2,27,30)(H,31,32). The van der Waals surface area contributed by atoms with Crippen LogP contribution in [0.5, 0.6) is 5.75 Å². The van der Waals surface area contributed by atoms with Crippen LogP contribution < -0.4 is 10.5 Å². The summed E-state index contributed by atoms with van der Waals surface area (Å²) in [5.41, 5.74) is 6.66. The van der Waals surface area contributed by atoms with Crippen molar-refractivity contribution in [2.24, 2.45) is 5.73 Å². The zero-order chi connectivity index (χ0) is 24.2. The molecule has 0 aliphatic heterocycles. The number of rotatable bonds is 5. The number of hydrogen-bond acceptors (Lipinski definition) is 3. The summed E-state index contributed by atoms with van der Waals surface area (Å²) < 4.78 is 56.2. The van der Waals surface area contributed by atoms with Crippen LogP contribution in [0, 0.1) is 19.7 Å². The predicted molar refractivity (Wildman–Crippen MR) is 111 cm³/mol. The van der Waals surface area contributed by atoms with Crippen molar-refractivity contribution in [2.75, 3.05) is 0 Å². The number of fused-ring (bicyclic) bond motifs is 2. The fourth-order valence-electron chi connectivity index (χ4n) is 4.25. The Morgan fingerprint density at radius 3 is 2.39 bits per heavy atom. The Morgan fingerprint density at radius 1 is 1.09 bits per heavy atom. The number of benzene rings is 2. The van der Waals surface area contributed by atoms with Gasteiger partial charge in [-0.05, 0) is 43.2 Å². The molecule has 2 aromatic heterocycles. The molecule has 0 aliphatic carbocycles. The van der Waals surface area contributed by atoms with Crippen LogP contribution in [0.25, 0.3) is 21.8 Å². The van der Waals surface area contributed by atoms with E-state index in [1.165, 1.54) is 18.2 Å². The number of carbonyl (C=O) groups is 2. The van der Waals surface area contributed by atoms with Gasteiger partial charge in [-0.2, -0.15) is 0 Å². The van der Waals surface area contributed by atoms with Crippen molar-refractivity contribution >= 4 is 33.7 Å². The van der Waals surface area contributed by atoms with Gasteiger partial charge in [-0.1, -0.05) is 6.07 Å². The van der Waals surface area contributed by atoms with Gasteiger partial charge in [0.1, 0.15) is 17.3 Å². The molecule has 7 nitrogen and oxygen atoms in total. The third-order valence-corrected chi connectivity index (χ3v) is 5.47. The van der Waals surface area contributed by atoms with Crippen LogP contribution >= 0.6 is 0 Å². The lowest BCUT2D eigenvalue weighted by Crippen LogP contribution is -2.24. The van der Waals surface area contributed by atoms with Gasteiger partial charge in [0.25, 0.3) is 0 Å². The van der Waals surface area contributed by atoms with Gasteiger partial charge in [0.05, 0.1) is 17.0 Å². The Balaban J connectivity index is 2.03. The van der Waals surface area contributed by atoms with Crippen LogP contribution in [0.15, 0.2) is 30.3 Å². The molecule has 4 aromatic rings. The number of hydrogen-bond donors (Lipinski definition) is 4. The Bertz CT molecular complexity index is 1440. The summed E-state index contributed by atoms with van der Waals surface area (Å²) in [5.74, 6) is -4.85. The van der Waals surface area contributed by atoms with E-state index < -0.39 is 41.4 Å². The number of carbonyl (C=O) groups excluding carboxylic acids is 1. The molecule has 33 heavy (non-hydrogen) atoms. The van der Waals surface area contributed by atoms with Gasteiger partial charge in [-0.3, -0.25) is 4.79 Å². The zero-order valence-electron chi connectivity index (χ0n) is 17.2. The highest BCUT2D eigenvalue weighted by molar-refractivity contribution is 6.05. The van der Waals surface area contributed by atoms with Crippen LogP contribution in [-0.2, 0) is 4.79 Å². The summed E-state index contributed by atoms with van der Waals surface area (Å²) >= 11 is 0. The van der Waals surface area contributed by atoms with Gasteiger partial charge in [0.2, 0.25) is 5.91 Å². The van der Waals surface area contributed by atoms with Gasteiger partial charge in [0.15, 0.2) is 0 Å². The van der Waals surface area contributed by atoms with E-state index in [-0.39, 0.29) is 27.5 Å². The first-order valence-electron chi connectivity index (χ1n) is 9.60. The second-order valence-corrected chi connectivity index (χ2v) is 7.59. The summed E-state index contributed by atoms with van der Waals surface area (Å²) in [5, 5.41) is 10.3. The second-order valence-electron chi connectivity index (χ2n) is 7.59. The molecule has 5 N–H and O–H groups in total. The van der Waals surface area contributed by atoms with Gasteiger partial charge in [-0.25, -0.2) is 9.18 Å². The van der Waals surface area contributed by atoms with Crippen LogP contribution in [0.4, 0.5) is 17.6 Å². The first-order valence-corrected chi connectivity index (χ1v) is 9.60. The highest BCUT2D eigenvalue weighted by Gasteiger charge is 2.35. The number of primary amides is 1. The maximum absolute atomic E-state index is 14.5. The first kappa shape index (κ1) is 22.2. The molecule has 0 fully saturated rings. The smallest absolute Gasteiger partial charge is 0.477 e.